The summed E-state index contributed by atoms with van der Waals surface area (Å²) in [6.45, 7) is -2.35. The van der Waals surface area contributed by atoms with Crippen LogP contribution in [0, 0.1) is 0 Å². The zero-order valence-electron chi connectivity index (χ0n) is 9.49. The first-order chi connectivity index (χ1) is 6.88. The Morgan fingerprint density at radius 3 is 3.17 bits per heavy atom. The summed E-state index contributed by atoms with van der Waals surface area (Å²) >= 11 is 0. The van der Waals surface area contributed by atoms with Crippen molar-refractivity contribution in [3.05, 3.63) is 29.8 Å². The van der Waals surface area contributed by atoms with Crippen LogP contribution in [0.1, 0.15) is 15.8 Å². The molecule has 0 saturated carbocycles. The molecule has 0 bridgehead atoms. The predicted octanol–water partition coefficient (Wildman–Crippen LogP) is 0.645. The van der Waals surface area contributed by atoms with Crippen molar-refractivity contribution in [2.24, 2.45) is 0 Å². The van der Waals surface area contributed by atoms with Gasteiger partial charge in [0.15, 0.2) is 0 Å². The van der Waals surface area contributed by atoms with Gasteiger partial charge < -0.3 is 15.5 Å². The lowest BCUT2D eigenvalue weighted by molar-refractivity contribution is 0.177. The van der Waals surface area contributed by atoms with E-state index < -0.39 is 13.1 Å². The summed E-state index contributed by atoms with van der Waals surface area (Å²) in [6.07, 6.45) is -0.947. The van der Waals surface area contributed by atoms with Crippen LogP contribution >= 0.6 is 0 Å². The fourth-order valence-electron chi connectivity index (χ4n) is 0.947. The van der Waals surface area contributed by atoms with E-state index >= 15 is 0 Å². The molecule has 0 fully saturated rings. The van der Waals surface area contributed by atoms with Gasteiger partial charge in [0.05, 0.1) is 6.10 Å². The molecule has 1 atom stereocenters. The second kappa shape index (κ2) is 4.09. The predicted molar refractivity (Wildman–Crippen MR) is 47.0 cm³/mol. The Balaban J connectivity index is 2.58. The molecule has 0 aromatic heterocycles. The fourth-order valence-corrected chi connectivity index (χ4v) is 0.947. The van der Waals surface area contributed by atoms with Gasteiger partial charge in [-0.25, -0.2) is 0 Å². The van der Waals surface area contributed by atoms with Gasteiger partial charge in [0.2, 0.25) is 0 Å². The van der Waals surface area contributed by atoms with Gasteiger partial charge >= 0.3 is 0 Å². The van der Waals surface area contributed by atoms with Gasteiger partial charge in [-0.05, 0) is 24.7 Å². The van der Waals surface area contributed by atoms with Gasteiger partial charge in [-0.1, -0.05) is 12.1 Å². The molecule has 0 aliphatic rings. The topological polar surface area (TPSA) is 52.5 Å². The van der Waals surface area contributed by atoms with E-state index in [4.69, 9.17) is 9.22 Å². The average Bonchev–Trinajstić information content (AvgIpc) is 2.13. The van der Waals surface area contributed by atoms with E-state index in [2.05, 4.69) is 5.32 Å². The molecule has 3 N–H and O–H groups in total. The minimum Gasteiger partial charge on any atom is -0.508 e. The summed E-state index contributed by atoms with van der Waals surface area (Å²) in [6, 6.07) is 6.08. The van der Waals surface area contributed by atoms with Crippen molar-refractivity contribution in [2.45, 2.75) is 6.10 Å². The van der Waals surface area contributed by atoms with Crippen LogP contribution in [-0.2, 0) is 0 Å². The summed E-state index contributed by atoms with van der Waals surface area (Å²) in [4.78, 5) is 0. The fraction of sp³-hybridized carbons (Fsp3) is 0.333. The minimum atomic E-state index is -2.27. The van der Waals surface area contributed by atoms with Crippen LogP contribution in [0.4, 0.5) is 0 Å². The maximum Gasteiger partial charge on any atom is 0.115 e. The number of hydrogen-bond acceptors (Lipinski definition) is 3. The van der Waals surface area contributed by atoms with Gasteiger partial charge in [0, 0.05) is 10.7 Å². The lowest BCUT2D eigenvalue weighted by atomic mass is 10.1. The number of aliphatic hydroxyl groups excluding tert-OH is 1. The molecule has 0 radical (unpaired) electrons. The van der Waals surface area contributed by atoms with Gasteiger partial charge in [-0.2, -0.15) is 0 Å². The lowest BCUT2D eigenvalue weighted by Gasteiger charge is -2.09. The zero-order chi connectivity index (χ0) is 11.5. The van der Waals surface area contributed by atoms with Crippen molar-refractivity contribution in [1.82, 2.24) is 5.32 Å². The molecule has 0 saturated heterocycles. The Labute approximate surface area is 75.9 Å². The summed E-state index contributed by atoms with van der Waals surface area (Å²) in [7, 11) is 0. The maximum atomic E-state index is 9.58. The highest BCUT2D eigenvalue weighted by molar-refractivity contribution is 5.28. The van der Waals surface area contributed by atoms with Crippen LogP contribution < -0.4 is 5.32 Å². The highest BCUT2D eigenvalue weighted by atomic mass is 16.3. The van der Waals surface area contributed by atoms with Crippen molar-refractivity contribution in [2.75, 3.05) is 13.5 Å². The Morgan fingerprint density at radius 1 is 1.67 bits per heavy atom. The van der Waals surface area contributed by atoms with E-state index in [1.165, 1.54) is 12.1 Å². The van der Waals surface area contributed by atoms with Gasteiger partial charge in [0.25, 0.3) is 0 Å². The molecule has 12 heavy (non-hydrogen) atoms. The first kappa shape index (κ1) is 5.56. The third kappa shape index (κ3) is 2.22. The molecular formula is C9H13NO2. The first-order valence-electron chi connectivity index (χ1n) is 5.10. The number of benzene rings is 1. The van der Waals surface area contributed by atoms with Crippen molar-refractivity contribution in [3.63, 3.8) is 0 Å². The Kier molecular flexibility index (Phi) is 1.90. The summed E-state index contributed by atoms with van der Waals surface area (Å²) in [5.41, 5.74) is 0.478. The smallest absolute Gasteiger partial charge is 0.115 e. The van der Waals surface area contributed by atoms with Gasteiger partial charge in [-0.15, -0.1) is 0 Å². The van der Waals surface area contributed by atoms with Crippen LogP contribution in [0.15, 0.2) is 24.3 Å². The summed E-state index contributed by atoms with van der Waals surface area (Å²) in [5.74, 6) is 0.0421. The van der Waals surface area contributed by atoms with Crippen LogP contribution in [0.2, 0.25) is 0 Å². The molecule has 0 aliphatic carbocycles. The molecular weight excluding hydrogens is 154 g/mol. The molecule has 66 valence electrons. The van der Waals surface area contributed by atoms with Crippen molar-refractivity contribution in [1.29, 1.82) is 0 Å². The Bertz CT molecular complexity index is 327. The number of likely N-dealkylation sites (N-methyl/N-ethyl adjacent to an activating group) is 1. The van der Waals surface area contributed by atoms with E-state index in [1.54, 1.807) is 12.1 Å². The zero-order valence-corrected chi connectivity index (χ0v) is 6.49. The Morgan fingerprint density at radius 2 is 2.50 bits per heavy atom. The first-order valence-corrected chi connectivity index (χ1v) is 3.60. The largest absolute Gasteiger partial charge is 0.508 e. The number of nitrogens with one attached hydrogen (secondary N) is 1. The molecule has 1 aromatic rings. The number of phenols is 1. The van der Waals surface area contributed by atoms with Gasteiger partial charge in [0.1, 0.15) is 5.75 Å². The molecule has 0 unspecified atom stereocenters. The van der Waals surface area contributed by atoms with E-state index in [0.717, 1.165) is 0 Å². The lowest BCUT2D eigenvalue weighted by Crippen LogP contribution is -2.16. The molecule has 3 heteroatoms. The standard InChI is InChI=1S/C9H13NO2/c1-10-6-9(12)7-3-2-4-8(11)5-7/h2-5,9-12H,6H2,1H3/t9-/m0/s1/i1D3. The molecule has 0 aliphatic heterocycles. The van der Waals surface area contributed by atoms with E-state index in [1.807, 2.05) is 0 Å². The summed E-state index contributed by atoms with van der Waals surface area (Å²) in [5, 5.41) is 20.9. The highest BCUT2D eigenvalue weighted by Gasteiger charge is 2.05. The number of aliphatic hydroxyl groups is 1. The van der Waals surface area contributed by atoms with Gasteiger partial charge in [-0.3, -0.25) is 0 Å². The van der Waals surface area contributed by atoms with Crippen LogP contribution in [0.25, 0.3) is 0 Å². The third-order valence-electron chi connectivity index (χ3n) is 1.55. The average molecular weight is 170 g/mol. The minimum absolute atomic E-state index is 0.0421. The van der Waals surface area contributed by atoms with Crippen LogP contribution in [-0.4, -0.2) is 23.7 Å². The molecule has 0 spiro atoms. The second-order valence-corrected chi connectivity index (χ2v) is 2.49. The monoisotopic (exact) mass is 170 g/mol. The molecule has 1 rings (SSSR count). The van der Waals surface area contributed by atoms with Crippen molar-refractivity contribution < 1.29 is 14.3 Å². The van der Waals surface area contributed by atoms with E-state index in [9.17, 15) is 5.11 Å². The molecule has 3 nitrogen and oxygen atoms in total. The number of rotatable bonds is 3. The molecule has 0 heterocycles. The molecule has 0 amide bonds. The maximum absolute atomic E-state index is 9.58. The second-order valence-electron chi connectivity index (χ2n) is 2.49. The Hall–Kier alpha value is -1.06. The van der Waals surface area contributed by atoms with E-state index in [-0.39, 0.29) is 12.3 Å². The third-order valence-corrected chi connectivity index (χ3v) is 1.55. The van der Waals surface area contributed by atoms with Crippen molar-refractivity contribution in [3.8, 4) is 5.75 Å². The number of hydrogen-bond donors (Lipinski definition) is 3. The normalized spacial score (nSPS) is 17.6. The van der Waals surface area contributed by atoms with Crippen LogP contribution in [0.5, 0.6) is 5.75 Å². The van der Waals surface area contributed by atoms with Crippen LogP contribution in [0.3, 0.4) is 0 Å². The number of phenolic OH excluding ortho intramolecular Hbond substituents is 1. The highest BCUT2D eigenvalue weighted by Crippen LogP contribution is 2.17. The summed E-state index contributed by atoms with van der Waals surface area (Å²) < 4.78 is 20.7. The van der Waals surface area contributed by atoms with Crippen molar-refractivity contribution >= 4 is 0 Å². The van der Waals surface area contributed by atoms with E-state index in [0.29, 0.717) is 5.56 Å². The quantitative estimate of drug-likeness (QED) is 0.624. The SMILES string of the molecule is [2H]C([2H])([2H])NC[C@H](O)c1cccc(O)c1. The number of aromatic hydroxyl groups is 1. The molecule has 1 aromatic carbocycles.